The third kappa shape index (κ3) is 4.76. The van der Waals surface area contributed by atoms with Crippen LogP contribution in [0.25, 0.3) is 6.08 Å². The standard InChI is InChI=1S/C15H20N2O3/c1-4-16-14(18)10-17(3)13-7-5-12(9-11(13)2)6-8-15(19)20/h5-9H,4,10H2,1-3H3,(H,16,18)(H,19,20). The van der Waals surface area contributed by atoms with E-state index >= 15 is 0 Å². The largest absolute Gasteiger partial charge is 0.478 e. The van der Waals surface area contributed by atoms with E-state index < -0.39 is 5.97 Å². The fraction of sp³-hybridized carbons (Fsp3) is 0.333. The van der Waals surface area contributed by atoms with Crippen LogP contribution in [-0.4, -0.2) is 37.1 Å². The van der Waals surface area contributed by atoms with Gasteiger partial charge in [0.25, 0.3) is 0 Å². The summed E-state index contributed by atoms with van der Waals surface area (Å²) in [5.41, 5.74) is 2.76. The number of nitrogens with zero attached hydrogens (tertiary/aromatic N) is 1. The summed E-state index contributed by atoms with van der Waals surface area (Å²) in [6.45, 7) is 4.72. The van der Waals surface area contributed by atoms with E-state index in [4.69, 9.17) is 5.11 Å². The lowest BCUT2D eigenvalue weighted by molar-refractivity contribution is -0.131. The van der Waals surface area contributed by atoms with Crippen LogP contribution < -0.4 is 10.2 Å². The molecule has 108 valence electrons. The summed E-state index contributed by atoms with van der Waals surface area (Å²) in [6.07, 6.45) is 2.65. The number of hydrogen-bond acceptors (Lipinski definition) is 3. The molecule has 20 heavy (non-hydrogen) atoms. The second-order valence-corrected chi connectivity index (χ2v) is 4.53. The topological polar surface area (TPSA) is 69.6 Å². The Labute approximate surface area is 118 Å². The Bertz CT molecular complexity index is 524. The number of aryl methyl sites for hydroxylation is 1. The SMILES string of the molecule is CCNC(=O)CN(C)c1ccc(C=CC(=O)O)cc1C. The Hall–Kier alpha value is -2.30. The molecule has 1 aromatic carbocycles. The Morgan fingerprint density at radius 1 is 1.40 bits per heavy atom. The van der Waals surface area contributed by atoms with Gasteiger partial charge in [0.05, 0.1) is 6.54 Å². The fourth-order valence-electron chi connectivity index (χ4n) is 1.93. The number of benzene rings is 1. The zero-order chi connectivity index (χ0) is 15.1. The number of likely N-dealkylation sites (N-methyl/N-ethyl adjacent to an activating group) is 2. The number of rotatable bonds is 6. The molecule has 0 heterocycles. The molecule has 5 nitrogen and oxygen atoms in total. The number of carboxylic acid groups (broad SMARTS) is 1. The van der Waals surface area contributed by atoms with Crippen molar-refractivity contribution in [2.45, 2.75) is 13.8 Å². The summed E-state index contributed by atoms with van der Waals surface area (Å²) < 4.78 is 0. The van der Waals surface area contributed by atoms with Gasteiger partial charge in [-0.2, -0.15) is 0 Å². The maximum absolute atomic E-state index is 11.6. The minimum Gasteiger partial charge on any atom is -0.478 e. The average molecular weight is 276 g/mol. The number of carbonyl (C=O) groups is 2. The summed E-state index contributed by atoms with van der Waals surface area (Å²) in [5.74, 6) is -0.996. The molecule has 0 saturated heterocycles. The van der Waals surface area contributed by atoms with Crippen molar-refractivity contribution >= 4 is 23.6 Å². The third-order valence-corrected chi connectivity index (χ3v) is 2.81. The lowest BCUT2D eigenvalue weighted by Gasteiger charge is -2.21. The first-order chi connectivity index (χ1) is 9.43. The molecule has 0 bridgehead atoms. The minimum absolute atomic E-state index is 0.0238. The van der Waals surface area contributed by atoms with Gasteiger partial charge in [-0.1, -0.05) is 6.07 Å². The number of carbonyl (C=O) groups excluding carboxylic acids is 1. The van der Waals surface area contributed by atoms with Crippen LogP contribution in [-0.2, 0) is 9.59 Å². The van der Waals surface area contributed by atoms with E-state index in [0.29, 0.717) is 13.1 Å². The number of carboxylic acids is 1. The number of hydrogen-bond donors (Lipinski definition) is 2. The molecule has 0 spiro atoms. The van der Waals surface area contributed by atoms with Crippen molar-refractivity contribution in [1.29, 1.82) is 0 Å². The highest BCUT2D eigenvalue weighted by Crippen LogP contribution is 2.20. The number of amides is 1. The van der Waals surface area contributed by atoms with Gasteiger partial charge >= 0.3 is 5.97 Å². The molecule has 1 rings (SSSR count). The first kappa shape index (κ1) is 15.8. The molecular weight excluding hydrogens is 256 g/mol. The van der Waals surface area contributed by atoms with Gasteiger partial charge in [-0.15, -0.1) is 0 Å². The van der Waals surface area contributed by atoms with Crippen molar-refractivity contribution in [3.63, 3.8) is 0 Å². The van der Waals surface area contributed by atoms with E-state index in [1.165, 1.54) is 0 Å². The van der Waals surface area contributed by atoms with Crippen LogP contribution in [0.15, 0.2) is 24.3 Å². The predicted molar refractivity (Wildman–Crippen MR) is 79.8 cm³/mol. The van der Waals surface area contributed by atoms with E-state index in [0.717, 1.165) is 22.9 Å². The Kier molecular flexibility index (Phi) is 5.77. The Morgan fingerprint density at radius 3 is 2.65 bits per heavy atom. The average Bonchev–Trinajstić information content (AvgIpc) is 2.36. The van der Waals surface area contributed by atoms with Crippen LogP contribution in [0.3, 0.4) is 0 Å². The molecule has 0 aromatic heterocycles. The number of aliphatic carboxylic acids is 1. The van der Waals surface area contributed by atoms with Gasteiger partial charge in [0.1, 0.15) is 0 Å². The molecule has 0 saturated carbocycles. The van der Waals surface area contributed by atoms with Crippen LogP contribution in [0.2, 0.25) is 0 Å². The molecule has 5 heteroatoms. The maximum atomic E-state index is 11.6. The molecule has 1 aromatic rings. The summed E-state index contributed by atoms with van der Waals surface area (Å²) in [4.78, 5) is 23.9. The maximum Gasteiger partial charge on any atom is 0.328 e. The van der Waals surface area contributed by atoms with Crippen molar-refractivity contribution in [2.24, 2.45) is 0 Å². The van der Waals surface area contributed by atoms with Crippen LogP contribution in [0, 0.1) is 6.92 Å². The fourth-order valence-corrected chi connectivity index (χ4v) is 1.93. The smallest absolute Gasteiger partial charge is 0.328 e. The van der Waals surface area contributed by atoms with Crippen molar-refractivity contribution in [3.8, 4) is 0 Å². The van der Waals surface area contributed by atoms with Crippen molar-refractivity contribution < 1.29 is 14.7 Å². The van der Waals surface area contributed by atoms with Crippen LogP contribution >= 0.6 is 0 Å². The second kappa shape index (κ2) is 7.33. The molecule has 0 radical (unpaired) electrons. The van der Waals surface area contributed by atoms with E-state index in [2.05, 4.69) is 5.32 Å². The van der Waals surface area contributed by atoms with E-state index in [-0.39, 0.29) is 5.91 Å². The normalized spacial score (nSPS) is 10.6. The zero-order valence-corrected chi connectivity index (χ0v) is 12.0. The summed E-state index contributed by atoms with van der Waals surface area (Å²) in [6, 6.07) is 5.61. The quantitative estimate of drug-likeness (QED) is 0.775. The highest BCUT2D eigenvalue weighted by atomic mass is 16.4. The Balaban J connectivity index is 2.82. The van der Waals surface area contributed by atoms with Crippen molar-refractivity contribution in [1.82, 2.24) is 5.32 Å². The zero-order valence-electron chi connectivity index (χ0n) is 12.0. The van der Waals surface area contributed by atoms with E-state index in [1.807, 2.05) is 44.0 Å². The molecule has 0 aliphatic heterocycles. The molecule has 0 unspecified atom stereocenters. The summed E-state index contributed by atoms with van der Waals surface area (Å²) in [7, 11) is 1.85. The van der Waals surface area contributed by atoms with Gasteiger partial charge in [-0.05, 0) is 43.2 Å². The van der Waals surface area contributed by atoms with Gasteiger partial charge in [0.2, 0.25) is 5.91 Å². The van der Waals surface area contributed by atoms with E-state index in [9.17, 15) is 9.59 Å². The highest BCUT2D eigenvalue weighted by Gasteiger charge is 2.09. The molecule has 0 aliphatic carbocycles. The monoisotopic (exact) mass is 276 g/mol. The van der Waals surface area contributed by atoms with Crippen LogP contribution in [0.5, 0.6) is 0 Å². The van der Waals surface area contributed by atoms with Crippen molar-refractivity contribution in [2.75, 3.05) is 25.0 Å². The van der Waals surface area contributed by atoms with Gasteiger partial charge in [0.15, 0.2) is 0 Å². The molecule has 0 aliphatic rings. The van der Waals surface area contributed by atoms with E-state index in [1.54, 1.807) is 6.08 Å². The van der Waals surface area contributed by atoms with Gasteiger partial charge < -0.3 is 15.3 Å². The van der Waals surface area contributed by atoms with Crippen molar-refractivity contribution in [3.05, 3.63) is 35.4 Å². The molecule has 0 atom stereocenters. The molecular formula is C15H20N2O3. The predicted octanol–water partition coefficient (Wildman–Crippen LogP) is 1.67. The number of anilines is 1. The summed E-state index contributed by atoms with van der Waals surface area (Å²) >= 11 is 0. The lowest BCUT2D eigenvalue weighted by atomic mass is 10.1. The second-order valence-electron chi connectivity index (χ2n) is 4.53. The summed E-state index contributed by atoms with van der Waals surface area (Å²) in [5, 5.41) is 11.3. The lowest BCUT2D eigenvalue weighted by Crippen LogP contribution is -2.35. The first-order valence-corrected chi connectivity index (χ1v) is 6.43. The van der Waals surface area contributed by atoms with Gasteiger partial charge in [-0.25, -0.2) is 4.79 Å². The van der Waals surface area contributed by atoms with Gasteiger partial charge in [-0.3, -0.25) is 4.79 Å². The minimum atomic E-state index is -0.972. The third-order valence-electron chi connectivity index (χ3n) is 2.81. The molecule has 1 amide bonds. The number of nitrogens with one attached hydrogen (secondary N) is 1. The molecule has 2 N–H and O–H groups in total. The first-order valence-electron chi connectivity index (χ1n) is 6.43. The van der Waals surface area contributed by atoms with Crippen LogP contribution in [0.4, 0.5) is 5.69 Å². The van der Waals surface area contributed by atoms with Crippen LogP contribution in [0.1, 0.15) is 18.1 Å². The Morgan fingerprint density at radius 2 is 2.10 bits per heavy atom. The highest BCUT2D eigenvalue weighted by molar-refractivity contribution is 5.85. The van der Waals surface area contributed by atoms with Gasteiger partial charge in [0, 0.05) is 25.4 Å². The molecule has 0 fully saturated rings.